The molecule has 4 aliphatic carbocycles. The molecular weight excluding hydrogens is 284 g/mol. The fourth-order valence-corrected chi connectivity index (χ4v) is 6.40. The van der Waals surface area contributed by atoms with Crippen LogP contribution in [-0.2, 0) is 4.79 Å². The highest BCUT2D eigenvalue weighted by atomic mass is 16.3. The van der Waals surface area contributed by atoms with Gasteiger partial charge in [0.05, 0.1) is 6.10 Å². The number of rotatable bonds is 0. The van der Waals surface area contributed by atoms with Crippen LogP contribution in [0.1, 0.15) is 52.4 Å². The Morgan fingerprint density at radius 1 is 1.26 bits per heavy atom. The number of aliphatic hydroxyl groups is 1. The second kappa shape index (κ2) is 4.84. The van der Waals surface area contributed by atoms with Gasteiger partial charge in [-0.3, -0.25) is 4.79 Å². The zero-order chi connectivity index (χ0) is 16.4. The highest BCUT2D eigenvalue weighted by molar-refractivity contribution is 5.91. The second-order valence-corrected chi connectivity index (χ2v) is 8.57. The van der Waals surface area contributed by atoms with Crippen molar-refractivity contribution in [3.8, 4) is 12.3 Å². The minimum Gasteiger partial charge on any atom is -0.389 e. The molecule has 1 N–H and O–H groups in total. The van der Waals surface area contributed by atoms with Crippen molar-refractivity contribution in [2.75, 3.05) is 0 Å². The SMILES string of the molecule is C#CC1=CC[C@H]2[C@@H]3C[C@@H](O)C4=CC(=O)CC[C@]4(C)[C@H]3CC[C@]12C. The predicted molar refractivity (Wildman–Crippen MR) is 90.4 cm³/mol. The largest absolute Gasteiger partial charge is 0.389 e. The molecule has 4 rings (SSSR count). The molecule has 0 aromatic rings. The van der Waals surface area contributed by atoms with Gasteiger partial charge in [0.25, 0.3) is 0 Å². The molecule has 0 aliphatic heterocycles. The number of fused-ring (bicyclic) bond motifs is 5. The maximum absolute atomic E-state index is 11.9. The van der Waals surface area contributed by atoms with Crippen LogP contribution in [0.3, 0.4) is 0 Å². The number of hydrogen-bond donors (Lipinski definition) is 1. The minimum absolute atomic E-state index is 0.00350. The molecule has 2 fully saturated rings. The number of terminal acetylenes is 1. The van der Waals surface area contributed by atoms with Crippen molar-refractivity contribution >= 4 is 5.78 Å². The third-order valence-electron chi connectivity index (χ3n) is 7.71. The summed E-state index contributed by atoms with van der Waals surface area (Å²) >= 11 is 0. The van der Waals surface area contributed by atoms with Crippen molar-refractivity contribution < 1.29 is 9.90 Å². The first-order chi connectivity index (χ1) is 10.9. The topological polar surface area (TPSA) is 37.3 Å². The summed E-state index contributed by atoms with van der Waals surface area (Å²) in [7, 11) is 0. The smallest absolute Gasteiger partial charge is 0.155 e. The number of hydrogen-bond acceptors (Lipinski definition) is 2. The van der Waals surface area contributed by atoms with E-state index in [4.69, 9.17) is 6.42 Å². The van der Waals surface area contributed by atoms with Gasteiger partial charge in [-0.1, -0.05) is 25.8 Å². The van der Waals surface area contributed by atoms with Crippen LogP contribution in [0.2, 0.25) is 0 Å². The highest BCUT2D eigenvalue weighted by Crippen LogP contribution is 2.65. The molecule has 0 spiro atoms. The zero-order valence-corrected chi connectivity index (χ0v) is 14.1. The van der Waals surface area contributed by atoms with E-state index >= 15 is 0 Å². The second-order valence-electron chi connectivity index (χ2n) is 8.57. The number of aliphatic hydroxyl groups excluding tert-OH is 1. The van der Waals surface area contributed by atoms with Crippen LogP contribution < -0.4 is 0 Å². The van der Waals surface area contributed by atoms with Gasteiger partial charge >= 0.3 is 0 Å². The number of allylic oxidation sites excluding steroid dienone is 3. The van der Waals surface area contributed by atoms with E-state index in [-0.39, 0.29) is 16.6 Å². The van der Waals surface area contributed by atoms with Gasteiger partial charge in [-0.15, -0.1) is 6.42 Å². The van der Waals surface area contributed by atoms with Crippen molar-refractivity contribution in [3.05, 3.63) is 23.3 Å². The first kappa shape index (κ1) is 15.2. The van der Waals surface area contributed by atoms with Crippen LogP contribution in [0.4, 0.5) is 0 Å². The van der Waals surface area contributed by atoms with Crippen LogP contribution in [0.5, 0.6) is 0 Å². The van der Waals surface area contributed by atoms with Crippen LogP contribution in [0.25, 0.3) is 0 Å². The van der Waals surface area contributed by atoms with Gasteiger partial charge in [-0.25, -0.2) is 0 Å². The normalized spacial score (nSPS) is 48.5. The molecule has 0 amide bonds. The summed E-state index contributed by atoms with van der Waals surface area (Å²) in [6, 6.07) is 0. The van der Waals surface area contributed by atoms with Gasteiger partial charge in [0.1, 0.15) is 0 Å². The van der Waals surface area contributed by atoms with Gasteiger partial charge < -0.3 is 5.11 Å². The summed E-state index contributed by atoms with van der Waals surface area (Å²) in [6.45, 7) is 4.62. The van der Waals surface area contributed by atoms with E-state index in [0.29, 0.717) is 24.2 Å². The van der Waals surface area contributed by atoms with Gasteiger partial charge in [0, 0.05) is 17.4 Å². The molecule has 122 valence electrons. The van der Waals surface area contributed by atoms with Gasteiger partial charge in [-0.05, 0) is 66.9 Å². The highest BCUT2D eigenvalue weighted by Gasteiger charge is 2.58. The molecule has 2 nitrogen and oxygen atoms in total. The number of carbonyl (C=O) groups excluding carboxylic acids is 1. The molecule has 2 heteroatoms. The summed E-state index contributed by atoms with van der Waals surface area (Å²) in [5.74, 6) is 4.76. The van der Waals surface area contributed by atoms with Crippen LogP contribution in [0, 0.1) is 40.9 Å². The van der Waals surface area contributed by atoms with Gasteiger partial charge in [0.15, 0.2) is 5.78 Å². The molecule has 0 bridgehead atoms. The fourth-order valence-electron chi connectivity index (χ4n) is 6.40. The molecule has 23 heavy (non-hydrogen) atoms. The van der Waals surface area contributed by atoms with E-state index in [2.05, 4.69) is 25.8 Å². The Balaban J connectivity index is 1.73. The molecule has 0 radical (unpaired) electrons. The van der Waals surface area contributed by atoms with E-state index in [1.807, 2.05) is 0 Å². The summed E-state index contributed by atoms with van der Waals surface area (Å²) in [4.78, 5) is 11.9. The lowest BCUT2D eigenvalue weighted by Crippen LogP contribution is -2.53. The van der Waals surface area contributed by atoms with Crippen LogP contribution in [0.15, 0.2) is 23.3 Å². The lowest BCUT2D eigenvalue weighted by Gasteiger charge is -2.58. The lowest BCUT2D eigenvalue weighted by molar-refractivity contribution is -0.118. The fraction of sp³-hybridized carbons (Fsp3) is 0.667. The molecule has 0 saturated heterocycles. The van der Waals surface area contributed by atoms with Crippen molar-refractivity contribution in [1.82, 2.24) is 0 Å². The summed E-state index contributed by atoms with van der Waals surface area (Å²) in [6.07, 6.45) is 15.0. The van der Waals surface area contributed by atoms with Gasteiger partial charge in [0.2, 0.25) is 0 Å². The molecule has 0 aromatic carbocycles. The Morgan fingerprint density at radius 2 is 2.04 bits per heavy atom. The van der Waals surface area contributed by atoms with Crippen LogP contribution in [-0.4, -0.2) is 17.0 Å². The first-order valence-electron chi connectivity index (χ1n) is 9.00. The molecule has 2 saturated carbocycles. The average molecular weight is 310 g/mol. The first-order valence-corrected chi connectivity index (χ1v) is 9.00. The monoisotopic (exact) mass is 310 g/mol. The molecule has 0 unspecified atom stereocenters. The Kier molecular flexibility index (Phi) is 3.20. The Morgan fingerprint density at radius 3 is 2.78 bits per heavy atom. The summed E-state index contributed by atoms with van der Waals surface area (Å²) in [5.41, 5.74) is 2.32. The maximum atomic E-state index is 11.9. The van der Waals surface area contributed by atoms with Crippen molar-refractivity contribution in [1.29, 1.82) is 0 Å². The Labute approximate surface area is 139 Å². The van der Waals surface area contributed by atoms with Gasteiger partial charge in [-0.2, -0.15) is 0 Å². The standard InChI is InChI=1S/C21H26O2/c1-4-13-5-6-16-15-12-19(23)18-11-14(22)7-9-21(18,3)17(15)8-10-20(13,16)2/h1,5,11,15-17,19,23H,6-10,12H2,2-3H3/t15-,16-,17-,19+,20+,21+/m0/s1. The van der Waals surface area contributed by atoms with E-state index in [0.717, 1.165) is 37.7 Å². The predicted octanol–water partition coefficient (Wildman–Crippen LogP) is 3.66. The third kappa shape index (κ3) is 1.89. The summed E-state index contributed by atoms with van der Waals surface area (Å²) in [5, 5.41) is 10.8. The molecular formula is C21H26O2. The summed E-state index contributed by atoms with van der Waals surface area (Å²) < 4.78 is 0. The lowest BCUT2D eigenvalue weighted by atomic mass is 9.46. The Bertz CT molecular complexity index is 664. The Hall–Kier alpha value is -1.33. The zero-order valence-electron chi connectivity index (χ0n) is 14.1. The average Bonchev–Trinajstić information content (AvgIpc) is 2.86. The third-order valence-corrected chi connectivity index (χ3v) is 7.71. The molecule has 0 aromatic heterocycles. The van der Waals surface area contributed by atoms with E-state index in [1.54, 1.807) is 6.08 Å². The number of carbonyl (C=O) groups is 1. The molecule has 0 heterocycles. The van der Waals surface area contributed by atoms with E-state index < -0.39 is 6.10 Å². The number of ketones is 1. The van der Waals surface area contributed by atoms with Crippen molar-refractivity contribution in [2.24, 2.45) is 28.6 Å². The minimum atomic E-state index is -0.456. The quantitative estimate of drug-likeness (QED) is 0.693. The van der Waals surface area contributed by atoms with E-state index in [9.17, 15) is 9.90 Å². The van der Waals surface area contributed by atoms with E-state index in [1.165, 1.54) is 5.57 Å². The maximum Gasteiger partial charge on any atom is 0.155 e. The van der Waals surface area contributed by atoms with Crippen molar-refractivity contribution in [3.63, 3.8) is 0 Å². The van der Waals surface area contributed by atoms with Crippen LogP contribution >= 0.6 is 0 Å². The molecule has 4 aliphatic rings. The van der Waals surface area contributed by atoms with Crippen molar-refractivity contribution in [2.45, 2.75) is 58.5 Å². The molecule has 6 atom stereocenters.